The summed E-state index contributed by atoms with van der Waals surface area (Å²) in [6, 6.07) is 18.9. The molecule has 0 radical (unpaired) electrons. The van der Waals surface area contributed by atoms with Crippen LogP contribution in [0.15, 0.2) is 60.7 Å². The lowest BCUT2D eigenvalue weighted by atomic mass is 9.72. The van der Waals surface area contributed by atoms with Crippen LogP contribution in [0, 0.1) is 23.0 Å². The van der Waals surface area contributed by atoms with Crippen molar-refractivity contribution in [2.24, 2.45) is 0 Å². The van der Waals surface area contributed by atoms with Crippen LogP contribution in [0.2, 0.25) is 0 Å². The van der Waals surface area contributed by atoms with Crippen molar-refractivity contribution in [1.82, 2.24) is 4.90 Å². The Kier molecular flexibility index (Phi) is 5.73. The number of hydrogen-bond acceptors (Lipinski definition) is 4. The number of benzene rings is 3. The second kappa shape index (κ2) is 8.97. The summed E-state index contributed by atoms with van der Waals surface area (Å²) in [6.45, 7) is 0.197. The predicted molar refractivity (Wildman–Crippen MR) is 133 cm³/mol. The Morgan fingerprint density at radius 3 is 2.19 bits per heavy atom. The van der Waals surface area contributed by atoms with Crippen LogP contribution in [0.25, 0.3) is 11.1 Å². The molecule has 1 aliphatic carbocycles. The highest BCUT2D eigenvalue weighted by Crippen LogP contribution is 2.47. The summed E-state index contributed by atoms with van der Waals surface area (Å²) in [4.78, 5) is 15.1. The molecule has 188 valence electrons. The number of halogens is 2. The van der Waals surface area contributed by atoms with E-state index >= 15 is 0 Å². The molecule has 2 atom stereocenters. The van der Waals surface area contributed by atoms with Gasteiger partial charge in [-0.15, -0.1) is 0 Å². The fraction of sp³-hybridized carbons (Fsp3) is 0.333. The molecule has 0 spiro atoms. The first-order valence-electron chi connectivity index (χ1n) is 12.6. The van der Waals surface area contributed by atoms with E-state index in [2.05, 4.69) is 24.3 Å². The molecule has 37 heavy (non-hydrogen) atoms. The van der Waals surface area contributed by atoms with Crippen LogP contribution in [0.3, 0.4) is 0 Å². The highest BCUT2D eigenvalue weighted by atomic mass is 19.1. The first-order chi connectivity index (χ1) is 17.9. The lowest BCUT2D eigenvalue weighted by Crippen LogP contribution is -2.59. The molecule has 3 aliphatic rings. The quantitative estimate of drug-likeness (QED) is 0.480. The number of rotatable bonds is 3. The Hall–Kier alpha value is -3.76. The normalized spacial score (nSPS) is 24.2. The number of piperidine rings is 2. The molecule has 2 heterocycles. The van der Waals surface area contributed by atoms with Crippen molar-refractivity contribution < 1.29 is 23.4 Å². The van der Waals surface area contributed by atoms with Crippen LogP contribution in [0.1, 0.15) is 60.3 Å². The van der Waals surface area contributed by atoms with Gasteiger partial charge in [0.1, 0.15) is 24.3 Å². The van der Waals surface area contributed by atoms with Crippen LogP contribution in [-0.4, -0.2) is 34.8 Å². The van der Waals surface area contributed by atoms with E-state index in [0.29, 0.717) is 12.8 Å². The first kappa shape index (κ1) is 23.6. The maximum absolute atomic E-state index is 14.8. The van der Waals surface area contributed by atoms with Crippen LogP contribution in [-0.2, 0) is 10.3 Å². The zero-order valence-electron chi connectivity index (χ0n) is 20.2. The predicted octanol–water partition coefficient (Wildman–Crippen LogP) is 5.99. The molecule has 5 nitrogen and oxygen atoms in total. The van der Waals surface area contributed by atoms with Crippen molar-refractivity contribution in [3.05, 3.63) is 94.6 Å². The highest BCUT2D eigenvalue weighted by Gasteiger charge is 2.50. The summed E-state index contributed by atoms with van der Waals surface area (Å²) < 4.78 is 35.1. The second-order valence-electron chi connectivity index (χ2n) is 10.3. The molecule has 2 unspecified atom stereocenters. The average Bonchev–Trinajstić information content (AvgIpc) is 3.21. The van der Waals surface area contributed by atoms with Gasteiger partial charge in [0, 0.05) is 36.4 Å². The third-order valence-corrected chi connectivity index (χ3v) is 8.23. The van der Waals surface area contributed by atoms with Gasteiger partial charge >= 0.3 is 6.09 Å². The van der Waals surface area contributed by atoms with Gasteiger partial charge in [0.05, 0.1) is 11.2 Å². The van der Waals surface area contributed by atoms with E-state index < -0.39 is 28.9 Å². The number of fused-ring (bicyclic) bond motifs is 5. The molecular formula is C30H26F2N2O3. The molecule has 2 aliphatic heterocycles. The van der Waals surface area contributed by atoms with E-state index in [4.69, 9.17) is 10.00 Å². The fourth-order valence-electron chi connectivity index (χ4n) is 6.60. The molecule has 3 aromatic carbocycles. The summed E-state index contributed by atoms with van der Waals surface area (Å²) >= 11 is 0. The van der Waals surface area contributed by atoms with Crippen LogP contribution >= 0.6 is 0 Å². The molecular weight excluding hydrogens is 474 g/mol. The number of amides is 1. The summed E-state index contributed by atoms with van der Waals surface area (Å²) in [5, 5.41) is 20.5. The summed E-state index contributed by atoms with van der Waals surface area (Å²) in [6.07, 6.45) is 1.88. The highest BCUT2D eigenvalue weighted by molar-refractivity contribution is 5.79. The fourth-order valence-corrected chi connectivity index (χ4v) is 6.60. The van der Waals surface area contributed by atoms with E-state index in [1.165, 1.54) is 0 Å². The Labute approximate surface area is 213 Å². The number of carbonyl (C=O) groups is 1. The molecule has 2 bridgehead atoms. The third kappa shape index (κ3) is 3.87. The number of hydrogen-bond donors (Lipinski definition) is 1. The van der Waals surface area contributed by atoms with Gasteiger partial charge in [-0.05, 0) is 53.6 Å². The van der Waals surface area contributed by atoms with Gasteiger partial charge in [0.25, 0.3) is 0 Å². The topological polar surface area (TPSA) is 73.6 Å². The molecule has 2 fully saturated rings. The van der Waals surface area contributed by atoms with Gasteiger partial charge < -0.3 is 14.7 Å². The molecule has 3 aromatic rings. The lowest BCUT2D eigenvalue weighted by Gasteiger charge is -2.51. The van der Waals surface area contributed by atoms with E-state index in [-0.39, 0.29) is 43.0 Å². The Morgan fingerprint density at radius 1 is 1.00 bits per heavy atom. The summed E-state index contributed by atoms with van der Waals surface area (Å²) in [5.74, 6) is -1.74. The summed E-state index contributed by atoms with van der Waals surface area (Å²) in [5.41, 5.74) is 2.36. The van der Waals surface area contributed by atoms with Gasteiger partial charge in [0.2, 0.25) is 0 Å². The van der Waals surface area contributed by atoms with E-state index in [1.807, 2.05) is 24.3 Å². The lowest BCUT2D eigenvalue weighted by molar-refractivity contribution is -0.0907. The minimum atomic E-state index is -1.63. The zero-order valence-corrected chi connectivity index (χ0v) is 20.2. The molecule has 7 heteroatoms. The standard InChI is InChI=1S/C30H26F2N2O3/c31-27-13-26(28(32)12-18(27)16-33)30(36)14-19-6-5-7-20(15-30)34(19)29(35)37-17-25-23-10-3-1-8-21(23)22-9-2-4-11-24(22)25/h1-4,8-13,19-20,25,36H,5-7,14-15,17H2. The largest absolute Gasteiger partial charge is 0.448 e. The Morgan fingerprint density at radius 2 is 1.59 bits per heavy atom. The van der Waals surface area contributed by atoms with Gasteiger partial charge in [-0.25, -0.2) is 13.6 Å². The zero-order chi connectivity index (χ0) is 25.7. The third-order valence-electron chi connectivity index (χ3n) is 8.23. The number of carbonyl (C=O) groups excluding carboxylic acids is 1. The molecule has 1 amide bonds. The maximum Gasteiger partial charge on any atom is 0.410 e. The van der Waals surface area contributed by atoms with Gasteiger partial charge in [-0.1, -0.05) is 48.5 Å². The maximum atomic E-state index is 14.8. The molecule has 1 N–H and O–H groups in total. The molecule has 6 rings (SSSR count). The Bertz CT molecular complexity index is 1370. The SMILES string of the molecule is N#Cc1cc(F)c(C2(O)CC3CCCC(C2)N3C(=O)OCC2c3ccccc3-c3ccccc32)cc1F. The molecule has 0 saturated carbocycles. The van der Waals surface area contributed by atoms with Crippen LogP contribution in [0.5, 0.6) is 0 Å². The summed E-state index contributed by atoms with van der Waals surface area (Å²) in [7, 11) is 0. The Balaban J connectivity index is 1.22. The first-order valence-corrected chi connectivity index (χ1v) is 12.6. The second-order valence-corrected chi connectivity index (χ2v) is 10.3. The van der Waals surface area contributed by atoms with Gasteiger partial charge in [0.15, 0.2) is 0 Å². The van der Waals surface area contributed by atoms with Crippen molar-refractivity contribution in [2.45, 2.75) is 55.7 Å². The molecule has 0 aromatic heterocycles. The number of nitriles is 1. The number of nitrogens with zero attached hydrogens (tertiary/aromatic N) is 2. The van der Waals surface area contributed by atoms with Crippen molar-refractivity contribution in [3.63, 3.8) is 0 Å². The van der Waals surface area contributed by atoms with Gasteiger partial charge in [-0.3, -0.25) is 0 Å². The van der Waals surface area contributed by atoms with E-state index in [1.54, 1.807) is 11.0 Å². The van der Waals surface area contributed by atoms with Crippen LogP contribution < -0.4 is 0 Å². The van der Waals surface area contributed by atoms with Crippen molar-refractivity contribution in [2.75, 3.05) is 6.61 Å². The number of aliphatic hydroxyl groups is 1. The van der Waals surface area contributed by atoms with Gasteiger partial charge in [-0.2, -0.15) is 5.26 Å². The van der Waals surface area contributed by atoms with E-state index in [0.717, 1.165) is 40.8 Å². The van der Waals surface area contributed by atoms with Crippen molar-refractivity contribution in [3.8, 4) is 17.2 Å². The van der Waals surface area contributed by atoms with Crippen molar-refractivity contribution in [1.29, 1.82) is 5.26 Å². The monoisotopic (exact) mass is 500 g/mol. The number of ether oxygens (including phenoxy) is 1. The smallest absolute Gasteiger partial charge is 0.410 e. The molecule has 2 saturated heterocycles. The van der Waals surface area contributed by atoms with Crippen molar-refractivity contribution >= 4 is 6.09 Å². The average molecular weight is 501 g/mol. The van der Waals surface area contributed by atoms with Crippen LogP contribution in [0.4, 0.5) is 13.6 Å². The van der Waals surface area contributed by atoms with E-state index in [9.17, 15) is 18.7 Å². The minimum absolute atomic E-state index is 0.0615. The minimum Gasteiger partial charge on any atom is -0.448 e.